The van der Waals surface area contributed by atoms with Crippen molar-refractivity contribution in [2.75, 3.05) is 5.73 Å². The maximum atomic E-state index is 5.61. The van der Waals surface area contributed by atoms with E-state index in [1.165, 1.54) is 11.3 Å². The minimum absolute atomic E-state index is 0.278. The summed E-state index contributed by atoms with van der Waals surface area (Å²) < 4.78 is 6.79. The normalized spacial score (nSPS) is 11.7. The summed E-state index contributed by atoms with van der Waals surface area (Å²) in [6.45, 7) is 4.06. The van der Waals surface area contributed by atoms with Crippen LogP contribution in [0.3, 0.4) is 0 Å². The van der Waals surface area contributed by atoms with Crippen molar-refractivity contribution in [2.24, 2.45) is 0 Å². The molecule has 3 aromatic rings. The highest BCUT2D eigenvalue weighted by Crippen LogP contribution is 2.24. The molecular formula is C9H10N6OS. The zero-order chi connectivity index (χ0) is 12.0. The van der Waals surface area contributed by atoms with E-state index in [1.807, 2.05) is 19.9 Å². The Balaban J connectivity index is 2.12. The maximum absolute atomic E-state index is 5.61. The van der Waals surface area contributed by atoms with Gasteiger partial charge < -0.3 is 10.3 Å². The molecule has 0 radical (unpaired) electrons. The van der Waals surface area contributed by atoms with Gasteiger partial charge in [0.15, 0.2) is 5.69 Å². The molecule has 0 aliphatic rings. The van der Waals surface area contributed by atoms with Crippen LogP contribution in [0.4, 0.5) is 5.13 Å². The Kier molecular flexibility index (Phi) is 2.11. The minimum Gasteiger partial charge on any atom is -0.374 e. The van der Waals surface area contributed by atoms with Gasteiger partial charge in [-0.15, -0.1) is 15.3 Å². The van der Waals surface area contributed by atoms with E-state index in [9.17, 15) is 0 Å². The lowest BCUT2D eigenvalue weighted by Crippen LogP contribution is -1.92. The van der Waals surface area contributed by atoms with Gasteiger partial charge in [-0.05, 0) is 0 Å². The van der Waals surface area contributed by atoms with Crippen LogP contribution in [0, 0.1) is 0 Å². The van der Waals surface area contributed by atoms with Gasteiger partial charge in [0.25, 0.3) is 0 Å². The second-order valence-electron chi connectivity index (χ2n) is 3.93. The summed E-state index contributed by atoms with van der Waals surface area (Å²) in [6.07, 6.45) is 0. The number of nitrogens with two attached hydrogens (primary N) is 1. The van der Waals surface area contributed by atoms with Crippen molar-refractivity contribution in [1.29, 1.82) is 0 Å². The molecule has 88 valence electrons. The first-order valence-electron chi connectivity index (χ1n) is 5.10. The molecule has 8 heteroatoms. The summed E-state index contributed by atoms with van der Waals surface area (Å²) in [7, 11) is 0. The second-order valence-corrected chi connectivity index (χ2v) is 4.92. The number of hydrogen-bond donors (Lipinski definition) is 1. The van der Waals surface area contributed by atoms with E-state index in [4.69, 9.17) is 10.3 Å². The van der Waals surface area contributed by atoms with Gasteiger partial charge in [-0.25, -0.2) is 0 Å². The van der Waals surface area contributed by atoms with E-state index < -0.39 is 0 Å². The van der Waals surface area contributed by atoms with Crippen molar-refractivity contribution in [1.82, 2.24) is 25.0 Å². The second kappa shape index (κ2) is 3.52. The van der Waals surface area contributed by atoms with Crippen molar-refractivity contribution in [3.63, 3.8) is 0 Å². The third kappa shape index (κ3) is 1.57. The highest BCUT2D eigenvalue weighted by molar-refractivity contribution is 7.20. The standard InChI is InChI=1S/C9H10N6OS/c1-4(2)6-3-5(14-16-6)7-11-12-9-15(7)13-8(10)17-9/h3-4H,1-2H3,(H2,10,13). The lowest BCUT2D eigenvalue weighted by molar-refractivity contribution is 0.372. The van der Waals surface area contributed by atoms with Crippen LogP contribution in [0.5, 0.6) is 0 Å². The third-order valence-electron chi connectivity index (χ3n) is 2.33. The summed E-state index contributed by atoms with van der Waals surface area (Å²) in [6, 6.07) is 1.84. The van der Waals surface area contributed by atoms with Gasteiger partial charge in [-0.3, -0.25) is 0 Å². The molecule has 0 saturated carbocycles. The van der Waals surface area contributed by atoms with Gasteiger partial charge in [-0.1, -0.05) is 30.3 Å². The summed E-state index contributed by atoms with van der Waals surface area (Å²) in [5.74, 6) is 1.63. The highest BCUT2D eigenvalue weighted by Gasteiger charge is 2.17. The molecule has 3 heterocycles. The summed E-state index contributed by atoms with van der Waals surface area (Å²) in [5.41, 5.74) is 6.23. The molecule has 0 saturated heterocycles. The zero-order valence-electron chi connectivity index (χ0n) is 9.28. The molecule has 0 aliphatic heterocycles. The maximum Gasteiger partial charge on any atom is 0.236 e. The number of fused-ring (bicyclic) bond motifs is 1. The number of nitrogen functional groups attached to an aromatic ring is 1. The molecule has 3 aromatic heterocycles. The molecule has 0 spiro atoms. The number of anilines is 1. The monoisotopic (exact) mass is 250 g/mol. The van der Waals surface area contributed by atoms with Crippen LogP contribution < -0.4 is 5.73 Å². The van der Waals surface area contributed by atoms with E-state index in [-0.39, 0.29) is 5.92 Å². The van der Waals surface area contributed by atoms with Gasteiger partial charge in [0.2, 0.25) is 15.9 Å². The SMILES string of the molecule is CC(C)c1cc(-c2nnc3sc(N)nn23)no1. The van der Waals surface area contributed by atoms with Gasteiger partial charge in [0, 0.05) is 12.0 Å². The Hall–Kier alpha value is -1.96. The lowest BCUT2D eigenvalue weighted by Gasteiger charge is -1.93. The molecule has 7 nitrogen and oxygen atoms in total. The first-order valence-corrected chi connectivity index (χ1v) is 5.91. The molecule has 0 bridgehead atoms. The van der Waals surface area contributed by atoms with Gasteiger partial charge in [-0.2, -0.15) is 4.52 Å². The van der Waals surface area contributed by atoms with Crippen molar-refractivity contribution < 1.29 is 4.52 Å². The van der Waals surface area contributed by atoms with Gasteiger partial charge in [0.05, 0.1) is 0 Å². The predicted octanol–water partition coefficient (Wildman–Crippen LogP) is 1.55. The summed E-state index contributed by atoms with van der Waals surface area (Å²) in [5, 5.41) is 16.5. The van der Waals surface area contributed by atoms with Crippen LogP contribution in [-0.2, 0) is 0 Å². The van der Waals surface area contributed by atoms with Gasteiger partial charge >= 0.3 is 0 Å². The van der Waals surface area contributed by atoms with Crippen molar-refractivity contribution in [2.45, 2.75) is 19.8 Å². The molecule has 3 rings (SSSR count). The van der Waals surface area contributed by atoms with Crippen LogP contribution in [0.1, 0.15) is 25.5 Å². The molecule has 0 unspecified atom stereocenters. The quantitative estimate of drug-likeness (QED) is 0.741. The smallest absolute Gasteiger partial charge is 0.236 e. The van der Waals surface area contributed by atoms with E-state index in [2.05, 4.69) is 20.5 Å². The number of nitrogens with zero attached hydrogens (tertiary/aromatic N) is 5. The van der Waals surface area contributed by atoms with Gasteiger partial charge in [0.1, 0.15) is 5.76 Å². The van der Waals surface area contributed by atoms with Crippen molar-refractivity contribution in [3.8, 4) is 11.5 Å². The van der Waals surface area contributed by atoms with Crippen LogP contribution in [-0.4, -0.2) is 25.0 Å². The average molecular weight is 250 g/mol. The zero-order valence-corrected chi connectivity index (χ0v) is 10.1. The molecule has 0 fully saturated rings. The fraction of sp³-hybridized carbons (Fsp3) is 0.333. The molecule has 0 aliphatic carbocycles. The number of rotatable bonds is 2. The highest BCUT2D eigenvalue weighted by atomic mass is 32.1. The molecule has 0 aromatic carbocycles. The Labute approximate surface area is 100 Å². The summed E-state index contributed by atoms with van der Waals surface area (Å²) in [4.78, 5) is 0.645. The molecular weight excluding hydrogens is 240 g/mol. The van der Waals surface area contributed by atoms with Crippen molar-refractivity contribution in [3.05, 3.63) is 11.8 Å². The summed E-state index contributed by atoms with van der Waals surface area (Å²) >= 11 is 1.28. The van der Waals surface area contributed by atoms with Crippen LogP contribution >= 0.6 is 11.3 Å². The van der Waals surface area contributed by atoms with E-state index in [0.29, 0.717) is 21.6 Å². The molecule has 17 heavy (non-hydrogen) atoms. The fourth-order valence-electron chi connectivity index (χ4n) is 1.46. The van der Waals surface area contributed by atoms with Crippen LogP contribution in [0.15, 0.2) is 10.6 Å². The lowest BCUT2D eigenvalue weighted by atomic mass is 10.1. The Morgan fingerprint density at radius 1 is 1.41 bits per heavy atom. The Morgan fingerprint density at radius 2 is 2.24 bits per heavy atom. The Bertz CT molecular complexity index is 666. The average Bonchev–Trinajstić information content (AvgIpc) is 2.90. The molecule has 0 atom stereocenters. The fourth-order valence-corrected chi connectivity index (χ4v) is 2.06. The van der Waals surface area contributed by atoms with E-state index in [0.717, 1.165) is 5.76 Å². The minimum atomic E-state index is 0.278. The number of hydrogen-bond acceptors (Lipinski definition) is 7. The van der Waals surface area contributed by atoms with Crippen LogP contribution in [0.2, 0.25) is 0 Å². The van der Waals surface area contributed by atoms with E-state index >= 15 is 0 Å². The third-order valence-corrected chi connectivity index (χ3v) is 3.06. The molecule has 0 amide bonds. The topological polar surface area (TPSA) is 95.1 Å². The number of aromatic nitrogens is 5. The van der Waals surface area contributed by atoms with Crippen LogP contribution in [0.25, 0.3) is 16.5 Å². The first-order chi connectivity index (χ1) is 8.15. The van der Waals surface area contributed by atoms with E-state index in [1.54, 1.807) is 4.52 Å². The predicted molar refractivity (Wildman–Crippen MR) is 62.7 cm³/mol. The first kappa shape index (κ1) is 10.2. The van der Waals surface area contributed by atoms with Crippen molar-refractivity contribution >= 4 is 21.4 Å². The molecule has 2 N–H and O–H groups in total. The Morgan fingerprint density at radius 3 is 2.94 bits per heavy atom. The largest absolute Gasteiger partial charge is 0.374 e.